The van der Waals surface area contributed by atoms with Gasteiger partial charge in [-0.15, -0.1) is 0 Å². The molecule has 2 nitrogen and oxygen atoms in total. The lowest BCUT2D eigenvalue weighted by atomic mass is 10.1. The van der Waals surface area contributed by atoms with E-state index in [0.717, 1.165) is 11.1 Å². The Labute approximate surface area is 133 Å². The predicted octanol–water partition coefficient (Wildman–Crippen LogP) is 4.60. The lowest BCUT2D eigenvalue weighted by molar-refractivity contribution is 0.304. The topological polar surface area (TPSA) is 35.2 Å². The highest BCUT2D eigenvalue weighted by Gasteiger charge is 2.07. The van der Waals surface area contributed by atoms with Crippen LogP contribution in [-0.2, 0) is 13.0 Å². The summed E-state index contributed by atoms with van der Waals surface area (Å²) < 4.78 is 19.2. The van der Waals surface area contributed by atoms with Crippen LogP contribution in [0.5, 0.6) is 5.75 Å². The van der Waals surface area contributed by atoms with E-state index in [1.807, 2.05) is 13.0 Å². The summed E-state index contributed by atoms with van der Waals surface area (Å²) in [7, 11) is 0. The van der Waals surface area contributed by atoms with Gasteiger partial charge in [-0.2, -0.15) is 0 Å². The maximum absolute atomic E-state index is 13.6. The van der Waals surface area contributed by atoms with Gasteiger partial charge in [0.2, 0.25) is 0 Å². The van der Waals surface area contributed by atoms with E-state index in [4.69, 9.17) is 33.7 Å². The van der Waals surface area contributed by atoms with Gasteiger partial charge >= 0.3 is 0 Å². The summed E-state index contributed by atoms with van der Waals surface area (Å²) in [4.78, 5) is 0. The quantitative estimate of drug-likeness (QED) is 0.870. The second-order valence-corrected chi connectivity index (χ2v) is 5.76. The minimum absolute atomic E-state index is 0.0398. The first kappa shape index (κ1) is 16.1. The Morgan fingerprint density at radius 3 is 2.71 bits per heavy atom. The summed E-state index contributed by atoms with van der Waals surface area (Å²) in [6.45, 7) is 2.09. The number of nitrogens with two attached hydrogens (primary N) is 1. The molecule has 0 saturated heterocycles. The van der Waals surface area contributed by atoms with E-state index in [0.29, 0.717) is 22.2 Å². The monoisotopic (exact) mass is 327 g/mol. The number of hydrogen-bond acceptors (Lipinski definition) is 2. The maximum Gasteiger partial charge on any atom is 0.127 e. The molecule has 0 amide bonds. The molecule has 0 aliphatic heterocycles. The molecule has 1 unspecified atom stereocenters. The first-order valence-corrected chi connectivity index (χ1v) is 7.32. The fraction of sp³-hybridized carbons (Fsp3) is 0.250. The summed E-state index contributed by atoms with van der Waals surface area (Å²) in [6.07, 6.45) is 0.589. The first-order chi connectivity index (χ1) is 9.95. The lowest BCUT2D eigenvalue weighted by Gasteiger charge is -2.11. The fourth-order valence-corrected chi connectivity index (χ4v) is 2.39. The molecule has 0 spiro atoms. The van der Waals surface area contributed by atoms with Gasteiger partial charge in [0.05, 0.1) is 10.0 Å². The maximum atomic E-state index is 13.6. The van der Waals surface area contributed by atoms with Gasteiger partial charge in [-0.1, -0.05) is 35.3 Å². The van der Waals surface area contributed by atoms with Gasteiger partial charge in [-0.25, -0.2) is 4.39 Å². The van der Waals surface area contributed by atoms with Gasteiger partial charge < -0.3 is 10.5 Å². The van der Waals surface area contributed by atoms with Crippen molar-refractivity contribution in [1.29, 1.82) is 0 Å². The van der Waals surface area contributed by atoms with Crippen molar-refractivity contribution in [2.75, 3.05) is 0 Å². The van der Waals surface area contributed by atoms with E-state index in [-0.39, 0.29) is 18.5 Å². The molecular weight excluding hydrogens is 312 g/mol. The molecule has 0 aliphatic carbocycles. The van der Waals surface area contributed by atoms with Gasteiger partial charge in [-0.05, 0) is 37.1 Å². The Hall–Kier alpha value is -1.29. The van der Waals surface area contributed by atoms with Gasteiger partial charge in [0, 0.05) is 17.7 Å². The third-order valence-electron chi connectivity index (χ3n) is 2.91. The van der Waals surface area contributed by atoms with Crippen LogP contribution >= 0.6 is 23.2 Å². The predicted molar refractivity (Wildman–Crippen MR) is 84.5 cm³/mol. The Kier molecular flexibility index (Phi) is 5.45. The van der Waals surface area contributed by atoms with Crippen LogP contribution in [0.15, 0.2) is 36.4 Å². The number of benzene rings is 2. The molecule has 0 aliphatic rings. The molecule has 2 aromatic rings. The van der Waals surface area contributed by atoms with E-state index >= 15 is 0 Å². The second-order valence-electron chi connectivity index (χ2n) is 4.98. The molecule has 0 saturated carbocycles. The molecule has 21 heavy (non-hydrogen) atoms. The molecule has 5 heteroatoms. The van der Waals surface area contributed by atoms with Crippen molar-refractivity contribution in [1.82, 2.24) is 0 Å². The van der Waals surface area contributed by atoms with Crippen LogP contribution < -0.4 is 10.5 Å². The van der Waals surface area contributed by atoms with Gasteiger partial charge in [0.25, 0.3) is 0 Å². The van der Waals surface area contributed by atoms with Crippen molar-refractivity contribution >= 4 is 23.2 Å². The molecule has 0 bridgehead atoms. The molecule has 0 aromatic heterocycles. The first-order valence-electron chi connectivity index (χ1n) is 6.56. The van der Waals surface area contributed by atoms with Gasteiger partial charge in [0.15, 0.2) is 0 Å². The third-order valence-corrected chi connectivity index (χ3v) is 3.77. The molecule has 0 heterocycles. The summed E-state index contributed by atoms with van der Waals surface area (Å²) in [5.74, 6) is 0.0991. The van der Waals surface area contributed by atoms with Crippen LogP contribution in [0.3, 0.4) is 0 Å². The molecule has 2 N–H and O–H groups in total. The molecule has 112 valence electrons. The zero-order valence-electron chi connectivity index (χ0n) is 11.6. The van der Waals surface area contributed by atoms with E-state index in [1.165, 1.54) is 12.1 Å². The SMILES string of the molecule is CC(N)Cc1cc(F)cc(OCc2cccc(Cl)c2Cl)c1. The highest BCUT2D eigenvalue weighted by atomic mass is 35.5. The third kappa shape index (κ3) is 4.60. The summed E-state index contributed by atoms with van der Waals surface area (Å²) in [6, 6.07) is 9.85. The second kappa shape index (κ2) is 7.12. The molecule has 0 radical (unpaired) electrons. The molecule has 1 atom stereocenters. The van der Waals surface area contributed by atoms with Crippen LogP contribution in [0.4, 0.5) is 4.39 Å². The van der Waals surface area contributed by atoms with Gasteiger partial charge in [0.1, 0.15) is 18.2 Å². The van der Waals surface area contributed by atoms with Crippen LogP contribution in [0, 0.1) is 5.82 Å². The van der Waals surface area contributed by atoms with Crippen molar-refractivity contribution < 1.29 is 9.13 Å². The standard InChI is InChI=1S/C16H16Cl2FNO/c1-10(20)5-11-6-13(19)8-14(7-11)21-9-12-3-2-4-15(17)16(12)18/h2-4,6-8,10H,5,9,20H2,1H3. The Bertz CT molecular complexity index is 632. The van der Waals surface area contributed by atoms with E-state index in [9.17, 15) is 4.39 Å². The number of hydrogen-bond donors (Lipinski definition) is 1. The molecule has 2 rings (SSSR count). The highest BCUT2D eigenvalue weighted by molar-refractivity contribution is 6.42. The molecule has 0 fully saturated rings. The van der Waals surface area contributed by atoms with Crippen LogP contribution in [0.2, 0.25) is 10.0 Å². The Morgan fingerprint density at radius 1 is 1.24 bits per heavy atom. The zero-order chi connectivity index (χ0) is 15.4. The van der Waals surface area contributed by atoms with Crippen LogP contribution in [0.25, 0.3) is 0 Å². The van der Waals surface area contributed by atoms with Crippen molar-refractivity contribution in [3.63, 3.8) is 0 Å². The summed E-state index contributed by atoms with van der Waals surface area (Å²) in [5, 5.41) is 0.918. The number of halogens is 3. The lowest BCUT2D eigenvalue weighted by Crippen LogP contribution is -2.17. The minimum atomic E-state index is -0.347. The van der Waals surface area contributed by atoms with E-state index in [2.05, 4.69) is 0 Å². The number of rotatable bonds is 5. The fourth-order valence-electron chi connectivity index (χ4n) is 2.01. The zero-order valence-corrected chi connectivity index (χ0v) is 13.1. The van der Waals surface area contributed by atoms with Crippen molar-refractivity contribution in [2.24, 2.45) is 5.73 Å². The number of ether oxygens (including phenoxy) is 1. The van der Waals surface area contributed by atoms with Crippen molar-refractivity contribution in [2.45, 2.75) is 26.0 Å². The van der Waals surface area contributed by atoms with Crippen LogP contribution in [0.1, 0.15) is 18.1 Å². The highest BCUT2D eigenvalue weighted by Crippen LogP contribution is 2.27. The smallest absolute Gasteiger partial charge is 0.127 e. The molecule has 2 aromatic carbocycles. The summed E-state index contributed by atoms with van der Waals surface area (Å²) >= 11 is 12.0. The van der Waals surface area contributed by atoms with Gasteiger partial charge in [-0.3, -0.25) is 0 Å². The van der Waals surface area contributed by atoms with Crippen LogP contribution in [-0.4, -0.2) is 6.04 Å². The van der Waals surface area contributed by atoms with Crippen molar-refractivity contribution in [3.8, 4) is 5.75 Å². The Morgan fingerprint density at radius 2 is 2.00 bits per heavy atom. The Balaban J connectivity index is 2.12. The summed E-state index contributed by atoms with van der Waals surface area (Å²) in [5.41, 5.74) is 7.29. The molecular formula is C16H16Cl2FNO. The average molecular weight is 328 g/mol. The average Bonchev–Trinajstić information content (AvgIpc) is 2.39. The van der Waals surface area contributed by atoms with E-state index < -0.39 is 0 Å². The largest absolute Gasteiger partial charge is 0.489 e. The normalized spacial score (nSPS) is 12.2. The van der Waals surface area contributed by atoms with E-state index in [1.54, 1.807) is 18.2 Å². The minimum Gasteiger partial charge on any atom is -0.489 e. The van der Waals surface area contributed by atoms with Crippen molar-refractivity contribution in [3.05, 3.63) is 63.4 Å².